The summed E-state index contributed by atoms with van der Waals surface area (Å²) in [5, 5.41) is 9.31. The minimum Gasteiger partial charge on any atom is -0.496 e. The van der Waals surface area contributed by atoms with Gasteiger partial charge in [-0.1, -0.05) is 61.8 Å². The zero-order valence-corrected chi connectivity index (χ0v) is 18.3. The molecule has 0 saturated carbocycles. The first kappa shape index (κ1) is 22.3. The number of amides is 2. The molecule has 0 aliphatic carbocycles. The highest BCUT2D eigenvalue weighted by atomic mass is 35.5. The molecule has 0 bridgehead atoms. The van der Waals surface area contributed by atoms with E-state index in [2.05, 4.69) is 15.8 Å². The molecule has 0 aromatic heterocycles. The highest BCUT2D eigenvalue weighted by Gasteiger charge is 2.24. The van der Waals surface area contributed by atoms with E-state index in [1.807, 2.05) is 50.2 Å². The lowest BCUT2D eigenvalue weighted by Gasteiger charge is -2.20. The van der Waals surface area contributed by atoms with E-state index in [1.54, 1.807) is 37.6 Å². The average Bonchev–Trinajstić information content (AvgIpc) is 2.77. The number of carbonyl (C=O) groups is 2. The second kappa shape index (κ2) is 10.1. The molecular weight excluding hydrogens is 414 g/mol. The SMILES string of the molecule is COc1ccc2ccccc2c1/C=N/NC(=O)C(NC(=O)c1cccc(Cl)c1)C(C)C. The van der Waals surface area contributed by atoms with Crippen molar-refractivity contribution in [2.75, 3.05) is 7.11 Å². The third-order valence-corrected chi connectivity index (χ3v) is 5.08. The zero-order valence-electron chi connectivity index (χ0n) is 17.6. The minimum absolute atomic E-state index is 0.148. The number of fused-ring (bicyclic) bond motifs is 1. The first-order valence-electron chi connectivity index (χ1n) is 9.85. The van der Waals surface area contributed by atoms with E-state index in [4.69, 9.17) is 16.3 Å². The van der Waals surface area contributed by atoms with Gasteiger partial charge >= 0.3 is 0 Å². The summed E-state index contributed by atoms with van der Waals surface area (Å²) in [6.45, 7) is 3.69. The Bertz CT molecular complexity index is 1130. The smallest absolute Gasteiger partial charge is 0.262 e. The lowest BCUT2D eigenvalue weighted by Crippen LogP contribution is -2.48. The van der Waals surface area contributed by atoms with Crippen LogP contribution >= 0.6 is 11.6 Å². The number of carbonyl (C=O) groups excluding carboxylic acids is 2. The molecule has 2 amide bonds. The first-order valence-corrected chi connectivity index (χ1v) is 10.2. The first-order chi connectivity index (χ1) is 14.9. The van der Waals surface area contributed by atoms with Gasteiger partial charge in [-0.25, -0.2) is 5.43 Å². The van der Waals surface area contributed by atoms with Crippen LogP contribution in [0.25, 0.3) is 10.8 Å². The number of rotatable bonds is 7. The van der Waals surface area contributed by atoms with Crippen molar-refractivity contribution in [2.24, 2.45) is 11.0 Å². The van der Waals surface area contributed by atoms with E-state index in [0.29, 0.717) is 16.3 Å². The predicted molar refractivity (Wildman–Crippen MR) is 124 cm³/mol. The molecule has 7 heteroatoms. The van der Waals surface area contributed by atoms with E-state index >= 15 is 0 Å². The Balaban J connectivity index is 1.76. The zero-order chi connectivity index (χ0) is 22.4. The fraction of sp³-hybridized carbons (Fsp3) is 0.208. The van der Waals surface area contributed by atoms with Gasteiger partial charge in [-0.3, -0.25) is 9.59 Å². The van der Waals surface area contributed by atoms with Crippen molar-refractivity contribution in [1.82, 2.24) is 10.7 Å². The summed E-state index contributed by atoms with van der Waals surface area (Å²) < 4.78 is 5.44. The molecule has 3 aromatic rings. The molecule has 0 fully saturated rings. The molecule has 0 aliphatic heterocycles. The number of hydrogen-bond acceptors (Lipinski definition) is 4. The van der Waals surface area contributed by atoms with Crippen LogP contribution < -0.4 is 15.5 Å². The van der Waals surface area contributed by atoms with Crippen LogP contribution in [0, 0.1) is 5.92 Å². The van der Waals surface area contributed by atoms with Crippen molar-refractivity contribution in [1.29, 1.82) is 0 Å². The maximum atomic E-state index is 12.7. The van der Waals surface area contributed by atoms with Gasteiger partial charge in [-0.15, -0.1) is 0 Å². The molecule has 0 radical (unpaired) electrons. The summed E-state index contributed by atoms with van der Waals surface area (Å²) in [6.07, 6.45) is 1.55. The van der Waals surface area contributed by atoms with E-state index in [9.17, 15) is 9.59 Å². The molecule has 2 N–H and O–H groups in total. The van der Waals surface area contributed by atoms with Crippen LogP contribution in [0.1, 0.15) is 29.8 Å². The Hall–Kier alpha value is -3.38. The normalized spacial score (nSPS) is 12.2. The van der Waals surface area contributed by atoms with Crippen LogP contribution in [0.5, 0.6) is 5.75 Å². The van der Waals surface area contributed by atoms with Crippen molar-refractivity contribution in [3.8, 4) is 5.75 Å². The van der Waals surface area contributed by atoms with E-state index in [-0.39, 0.29) is 11.8 Å². The molecule has 3 aromatic carbocycles. The molecule has 1 atom stereocenters. The van der Waals surface area contributed by atoms with E-state index in [0.717, 1.165) is 16.3 Å². The molecule has 1 unspecified atom stereocenters. The number of hydrogen-bond donors (Lipinski definition) is 2. The quantitative estimate of drug-likeness (QED) is 0.424. The monoisotopic (exact) mass is 437 g/mol. The fourth-order valence-electron chi connectivity index (χ4n) is 3.21. The lowest BCUT2D eigenvalue weighted by molar-refractivity contribution is -0.123. The number of halogens is 1. The summed E-state index contributed by atoms with van der Waals surface area (Å²) in [4.78, 5) is 25.3. The van der Waals surface area contributed by atoms with Gasteiger partial charge in [0.2, 0.25) is 0 Å². The highest BCUT2D eigenvalue weighted by Crippen LogP contribution is 2.26. The van der Waals surface area contributed by atoms with Crippen LogP contribution in [-0.2, 0) is 4.79 Å². The van der Waals surface area contributed by atoms with Crippen LogP contribution in [0.3, 0.4) is 0 Å². The average molecular weight is 438 g/mol. The summed E-state index contributed by atoms with van der Waals surface area (Å²) in [5.74, 6) is -0.298. The maximum absolute atomic E-state index is 12.7. The van der Waals surface area contributed by atoms with Gasteiger partial charge in [0.25, 0.3) is 11.8 Å². The molecule has 0 aliphatic rings. The van der Waals surface area contributed by atoms with Gasteiger partial charge in [-0.2, -0.15) is 5.10 Å². The number of methoxy groups -OCH3 is 1. The molecule has 3 rings (SSSR count). The van der Waals surface area contributed by atoms with E-state index < -0.39 is 11.9 Å². The molecule has 160 valence electrons. The van der Waals surface area contributed by atoms with Crippen molar-refractivity contribution >= 4 is 40.4 Å². The summed E-state index contributed by atoms with van der Waals surface area (Å²) in [6, 6.07) is 17.4. The Labute approximate surface area is 186 Å². The predicted octanol–water partition coefficient (Wildman–Crippen LogP) is 4.41. The summed E-state index contributed by atoms with van der Waals surface area (Å²) >= 11 is 5.95. The largest absolute Gasteiger partial charge is 0.496 e. The lowest BCUT2D eigenvalue weighted by atomic mass is 10.0. The molecule has 0 heterocycles. The molecule has 0 saturated heterocycles. The standard InChI is InChI=1S/C24H24ClN3O3/c1-15(2)22(27-23(29)17-8-6-9-18(25)13-17)24(30)28-26-14-20-19-10-5-4-7-16(19)11-12-21(20)31-3/h4-15,22H,1-3H3,(H,27,29)(H,28,30)/b26-14+. The molecule has 31 heavy (non-hydrogen) atoms. The number of hydrazone groups is 1. The van der Waals surface area contributed by atoms with Crippen LogP contribution in [0.2, 0.25) is 5.02 Å². The number of nitrogens with zero attached hydrogens (tertiary/aromatic N) is 1. The Morgan fingerprint density at radius 1 is 1.06 bits per heavy atom. The second-order valence-electron chi connectivity index (χ2n) is 7.34. The summed E-state index contributed by atoms with van der Waals surface area (Å²) in [7, 11) is 1.58. The Kier molecular flexibility index (Phi) is 7.26. The number of benzene rings is 3. The van der Waals surface area contributed by atoms with Crippen molar-refractivity contribution in [2.45, 2.75) is 19.9 Å². The van der Waals surface area contributed by atoms with Crippen LogP contribution in [0.4, 0.5) is 0 Å². The minimum atomic E-state index is -0.766. The Morgan fingerprint density at radius 2 is 1.84 bits per heavy atom. The van der Waals surface area contributed by atoms with Gasteiger partial charge in [0.15, 0.2) is 0 Å². The molecule has 6 nitrogen and oxygen atoms in total. The molecular formula is C24H24ClN3O3. The Morgan fingerprint density at radius 3 is 2.55 bits per heavy atom. The molecule has 0 spiro atoms. The van der Waals surface area contributed by atoms with Crippen molar-refractivity contribution in [3.05, 3.63) is 76.8 Å². The second-order valence-corrected chi connectivity index (χ2v) is 7.78. The summed E-state index contributed by atoms with van der Waals surface area (Å²) in [5.41, 5.74) is 3.67. The third-order valence-electron chi connectivity index (χ3n) is 4.84. The van der Waals surface area contributed by atoms with E-state index in [1.165, 1.54) is 0 Å². The van der Waals surface area contributed by atoms with Gasteiger partial charge in [-0.05, 0) is 41.0 Å². The fourth-order valence-corrected chi connectivity index (χ4v) is 3.40. The van der Waals surface area contributed by atoms with Crippen molar-refractivity contribution in [3.63, 3.8) is 0 Å². The maximum Gasteiger partial charge on any atom is 0.262 e. The van der Waals surface area contributed by atoms with Gasteiger partial charge in [0, 0.05) is 16.1 Å². The number of nitrogens with one attached hydrogen (secondary N) is 2. The number of ether oxygens (including phenoxy) is 1. The van der Waals surface area contributed by atoms with Crippen molar-refractivity contribution < 1.29 is 14.3 Å². The van der Waals surface area contributed by atoms with Crippen LogP contribution in [0.15, 0.2) is 65.8 Å². The van der Waals surface area contributed by atoms with Gasteiger partial charge in [0.1, 0.15) is 11.8 Å². The highest BCUT2D eigenvalue weighted by molar-refractivity contribution is 6.31. The van der Waals surface area contributed by atoms with Gasteiger partial charge in [0.05, 0.1) is 13.3 Å². The third kappa shape index (κ3) is 5.41. The van der Waals surface area contributed by atoms with Gasteiger partial charge < -0.3 is 10.1 Å². The topological polar surface area (TPSA) is 79.8 Å². The van der Waals surface area contributed by atoms with Crippen LogP contribution in [-0.4, -0.2) is 31.2 Å².